The highest BCUT2D eigenvalue weighted by atomic mass is 32.2. The maximum absolute atomic E-state index is 11.5. The predicted molar refractivity (Wildman–Crippen MR) is 77.6 cm³/mol. The van der Waals surface area contributed by atoms with Crippen molar-refractivity contribution in [1.29, 1.82) is 0 Å². The van der Waals surface area contributed by atoms with Gasteiger partial charge in [-0.05, 0) is 6.08 Å². The van der Waals surface area contributed by atoms with Gasteiger partial charge in [-0.1, -0.05) is 24.0 Å². The van der Waals surface area contributed by atoms with E-state index in [9.17, 15) is 20.0 Å². The molecule has 0 aromatic heterocycles. The number of rotatable bonds is 3. The van der Waals surface area contributed by atoms with Gasteiger partial charge in [0.2, 0.25) is 0 Å². The van der Waals surface area contributed by atoms with Crippen molar-refractivity contribution in [1.82, 2.24) is 5.32 Å². The number of carbonyl (C=O) groups is 1. The van der Waals surface area contributed by atoms with Gasteiger partial charge in [0.15, 0.2) is 11.5 Å². The lowest BCUT2D eigenvalue weighted by Gasteiger charge is -2.06. The van der Waals surface area contributed by atoms with Gasteiger partial charge in [0, 0.05) is 11.6 Å². The molecule has 1 aromatic carbocycles. The zero-order chi connectivity index (χ0) is 14.9. The number of nitrogens with zero attached hydrogens (tertiary/aromatic N) is 1. The van der Waals surface area contributed by atoms with Crippen LogP contribution in [0.25, 0.3) is 6.08 Å². The summed E-state index contributed by atoms with van der Waals surface area (Å²) in [5.74, 6) is -0.737. The molecule has 2 N–H and O–H groups in total. The summed E-state index contributed by atoms with van der Waals surface area (Å²) in [5.41, 5.74) is -0.143. The molecule has 9 heteroatoms. The molecule has 7 nitrogen and oxygen atoms in total. The van der Waals surface area contributed by atoms with E-state index >= 15 is 0 Å². The molecule has 1 saturated heterocycles. The number of amides is 1. The van der Waals surface area contributed by atoms with Crippen molar-refractivity contribution in [2.45, 2.75) is 0 Å². The molecule has 104 valence electrons. The van der Waals surface area contributed by atoms with Crippen molar-refractivity contribution >= 4 is 46.0 Å². The minimum Gasteiger partial charge on any atom is -0.504 e. The standard InChI is InChI=1S/C11H8N2O5S2/c1-18-7-4-6(13(16)17)2-5(9(7)14)3-8-10(15)12-11(19)20-8/h2-4,14H,1H3,(H,12,15,19)/b8-3+. The van der Waals surface area contributed by atoms with E-state index in [1.165, 1.54) is 13.2 Å². The van der Waals surface area contributed by atoms with E-state index in [2.05, 4.69) is 5.32 Å². The molecule has 1 heterocycles. The van der Waals surface area contributed by atoms with Crippen LogP contribution in [0.1, 0.15) is 5.56 Å². The third kappa shape index (κ3) is 2.73. The molecule has 1 aliphatic rings. The molecule has 2 rings (SSSR count). The number of benzene rings is 1. The van der Waals surface area contributed by atoms with Gasteiger partial charge >= 0.3 is 0 Å². The summed E-state index contributed by atoms with van der Waals surface area (Å²) in [5, 5.41) is 23.2. The topological polar surface area (TPSA) is 102 Å². The largest absolute Gasteiger partial charge is 0.504 e. The van der Waals surface area contributed by atoms with Crippen molar-refractivity contribution in [3.8, 4) is 11.5 Å². The zero-order valence-corrected chi connectivity index (χ0v) is 11.7. The van der Waals surface area contributed by atoms with Crippen LogP contribution < -0.4 is 10.1 Å². The second-order valence-corrected chi connectivity index (χ2v) is 5.41. The molecular formula is C11H8N2O5S2. The Kier molecular flexibility index (Phi) is 3.91. The zero-order valence-electron chi connectivity index (χ0n) is 10.1. The lowest BCUT2D eigenvalue weighted by Crippen LogP contribution is -2.17. The Morgan fingerprint density at radius 1 is 1.55 bits per heavy atom. The van der Waals surface area contributed by atoms with E-state index in [0.717, 1.165) is 23.9 Å². The fourth-order valence-corrected chi connectivity index (χ4v) is 2.58. The highest BCUT2D eigenvalue weighted by Crippen LogP contribution is 2.37. The third-order valence-electron chi connectivity index (χ3n) is 2.45. The van der Waals surface area contributed by atoms with E-state index in [1.807, 2.05) is 0 Å². The minimum absolute atomic E-state index is 0.0444. The number of hydrogen-bond acceptors (Lipinski definition) is 7. The number of non-ortho nitro benzene ring substituents is 1. The number of nitrogens with one attached hydrogen (secondary N) is 1. The summed E-state index contributed by atoms with van der Waals surface area (Å²) in [6.07, 6.45) is 1.32. The Labute approximate surface area is 122 Å². The average molecular weight is 312 g/mol. The van der Waals surface area contributed by atoms with Gasteiger partial charge in [-0.25, -0.2) is 0 Å². The van der Waals surface area contributed by atoms with Gasteiger partial charge in [-0.2, -0.15) is 0 Å². The number of phenolic OH excluding ortho intramolecular Hbond substituents is 1. The van der Waals surface area contributed by atoms with Crippen LogP contribution in [0, 0.1) is 10.1 Å². The molecule has 1 aromatic rings. The molecule has 0 saturated carbocycles. The van der Waals surface area contributed by atoms with Crippen LogP contribution in [-0.2, 0) is 4.79 Å². The summed E-state index contributed by atoms with van der Waals surface area (Å²) in [6.45, 7) is 0. The van der Waals surface area contributed by atoms with E-state index in [4.69, 9.17) is 17.0 Å². The van der Waals surface area contributed by atoms with Crippen molar-refractivity contribution in [3.63, 3.8) is 0 Å². The number of carbonyl (C=O) groups excluding carboxylic acids is 1. The van der Waals surface area contributed by atoms with Crippen LogP contribution in [0.4, 0.5) is 5.69 Å². The molecule has 1 amide bonds. The number of phenols is 1. The first-order chi connectivity index (χ1) is 9.42. The maximum atomic E-state index is 11.5. The molecule has 0 bridgehead atoms. The average Bonchev–Trinajstić information content (AvgIpc) is 2.70. The van der Waals surface area contributed by atoms with Crippen molar-refractivity contribution < 1.29 is 19.6 Å². The SMILES string of the molecule is COc1cc([N+](=O)[O-])cc(/C=C2/SC(=S)NC2=O)c1O. The summed E-state index contributed by atoms with van der Waals surface area (Å²) >= 11 is 5.85. The molecular weight excluding hydrogens is 304 g/mol. The van der Waals surface area contributed by atoms with Crippen molar-refractivity contribution in [2.24, 2.45) is 0 Å². The quantitative estimate of drug-likeness (QED) is 0.380. The van der Waals surface area contributed by atoms with Gasteiger partial charge in [0.05, 0.1) is 23.0 Å². The first kappa shape index (κ1) is 14.3. The Bertz CT molecular complexity index is 656. The number of nitro benzene ring substituents is 1. The van der Waals surface area contributed by atoms with Gasteiger partial charge in [0.1, 0.15) is 4.32 Å². The van der Waals surface area contributed by atoms with E-state index in [0.29, 0.717) is 0 Å². The van der Waals surface area contributed by atoms with Crippen LogP contribution in [-0.4, -0.2) is 27.4 Å². The van der Waals surface area contributed by atoms with Crippen LogP contribution in [0.15, 0.2) is 17.0 Å². The molecule has 0 aliphatic carbocycles. The molecule has 1 fully saturated rings. The molecule has 20 heavy (non-hydrogen) atoms. The maximum Gasteiger partial charge on any atom is 0.274 e. The molecule has 0 radical (unpaired) electrons. The molecule has 0 spiro atoms. The predicted octanol–water partition coefficient (Wildman–Crippen LogP) is 1.80. The van der Waals surface area contributed by atoms with Gasteiger partial charge in [-0.3, -0.25) is 14.9 Å². The normalized spacial score (nSPS) is 16.4. The molecule has 0 atom stereocenters. The molecule has 1 aliphatic heterocycles. The number of thioether (sulfide) groups is 1. The monoisotopic (exact) mass is 312 g/mol. The fraction of sp³-hybridized carbons (Fsp3) is 0.0909. The van der Waals surface area contributed by atoms with Crippen LogP contribution in [0.5, 0.6) is 11.5 Å². The smallest absolute Gasteiger partial charge is 0.274 e. The highest BCUT2D eigenvalue weighted by Gasteiger charge is 2.24. The van der Waals surface area contributed by atoms with Gasteiger partial charge in [0.25, 0.3) is 11.6 Å². The van der Waals surface area contributed by atoms with E-state index < -0.39 is 10.8 Å². The number of aromatic hydroxyl groups is 1. The summed E-state index contributed by atoms with van der Waals surface area (Å²) in [7, 11) is 1.28. The highest BCUT2D eigenvalue weighted by molar-refractivity contribution is 8.26. The third-order valence-corrected chi connectivity index (χ3v) is 3.61. The number of nitro groups is 1. The Hall–Kier alpha value is -2.13. The Morgan fingerprint density at radius 2 is 2.25 bits per heavy atom. The van der Waals surface area contributed by atoms with Crippen LogP contribution in [0.2, 0.25) is 0 Å². The first-order valence-corrected chi connectivity index (χ1v) is 6.45. The number of methoxy groups -OCH3 is 1. The fourth-order valence-electron chi connectivity index (χ4n) is 1.55. The second kappa shape index (κ2) is 5.47. The summed E-state index contributed by atoms with van der Waals surface area (Å²) in [6, 6.07) is 2.25. The lowest BCUT2D eigenvalue weighted by atomic mass is 10.1. The summed E-state index contributed by atoms with van der Waals surface area (Å²) < 4.78 is 5.16. The van der Waals surface area contributed by atoms with Crippen LogP contribution >= 0.6 is 24.0 Å². The van der Waals surface area contributed by atoms with E-state index in [1.54, 1.807) is 0 Å². The number of ether oxygens (including phenoxy) is 1. The molecule has 0 unspecified atom stereocenters. The van der Waals surface area contributed by atoms with Crippen molar-refractivity contribution in [2.75, 3.05) is 7.11 Å². The first-order valence-electron chi connectivity index (χ1n) is 5.22. The lowest BCUT2D eigenvalue weighted by molar-refractivity contribution is -0.385. The van der Waals surface area contributed by atoms with Crippen molar-refractivity contribution in [3.05, 3.63) is 32.7 Å². The Balaban J connectivity index is 2.53. The summed E-state index contributed by atoms with van der Waals surface area (Å²) in [4.78, 5) is 22.0. The number of thiocarbonyl (C=S) groups is 1. The van der Waals surface area contributed by atoms with Gasteiger partial charge < -0.3 is 15.2 Å². The van der Waals surface area contributed by atoms with Gasteiger partial charge in [-0.15, -0.1) is 0 Å². The van der Waals surface area contributed by atoms with E-state index in [-0.39, 0.29) is 32.0 Å². The van der Waals surface area contributed by atoms with Crippen LogP contribution in [0.3, 0.4) is 0 Å². The number of hydrogen-bond donors (Lipinski definition) is 2. The second-order valence-electron chi connectivity index (χ2n) is 3.70. The minimum atomic E-state index is -0.615. The Morgan fingerprint density at radius 3 is 2.75 bits per heavy atom.